The lowest BCUT2D eigenvalue weighted by molar-refractivity contribution is 0.0257. The van der Waals surface area contributed by atoms with Crippen molar-refractivity contribution >= 4 is 0 Å². The number of nitrogens with two attached hydrogens (primary N) is 1. The fourth-order valence-corrected chi connectivity index (χ4v) is 2.78. The topological polar surface area (TPSA) is 41.7 Å². The Hall–Kier alpha value is -0.160. The Bertz CT molecular complexity index is 239. The van der Waals surface area contributed by atoms with E-state index in [0.717, 1.165) is 45.8 Å². The number of piperidine rings is 1. The second-order valence-corrected chi connectivity index (χ2v) is 6.11. The minimum atomic E-state index is 0.267. The van der Waals surface area contributed by atoms with E-state index in [2.05, 4.69) is 23.6 Å². The van der Waals surface area contributed by atoms with Crippen molar-refractivity contribution in [3.05, 3.63) is 0 Å². The molecule has 0 bridgehead atoms. The van der Waals surface area contributed by atoms with Gasteiger partial charge >= 0.3 is 0 Å². The molecule has 0 amide bonds. The fourth-order valence-electron chi connectivity index (χ4n) is 2.78. The molecule has 100 valence electrons. The van der Waals surface area contributed by atoms with Gasteiger partial charge in [-0.25, -0.2) is 0 Å². The van der Waals surface area contributed by atoms with Crippen molar-refractivity contribution in [2.75, 3.05) is 52.5 Å². The van der Waals surface area contributed by atoms with Crippen LogP contribution in [0.1, 0.15) is 20.3 Å². The van der Waals surface area contributed by atoms with Gasteiger partial charge < -0.3 is 15.4 Å². The summed E-state index contributed by atoms with van der Waals surface area (Å²) in [6.45, 7) is 13.2. The number of morpholine rings is 1. The van der Waals surface area contributed by atoms with Crippen LogP contribution < -0.4 is 5.73 Å². The smallest absolute Gasteiger partial charge is 0.0594 e. The van der Waals surface area contributed by atoms with Gasteiger partial charge in [0.2, 0.25) is 0 Å². The number of hydrogen-bond donors (Lipinski definition) is 1. The Kier molecular flexibility index (Phi) is 4.42. The Balaban J connectivity index is 1.72. The van der Waals surface area contributed by atoms with Crippen molar-refractivity contribution < 1.29 is 4.74 Å². The summed E-state index contributed by atoms with van der Waals surface area (Å²) in [5, 5.41) is 0. The minimum Gasteiger partial charge on any atom is -0.379 e. The van der Waals surface area contributed by atoms with Crippen molar-refractivity contribution in [3.63, 3.8) is 0 Å². The predicted molar refractivity (Wildman–Crippen MR) is 70.1 cm³/mol. The van der Waals surface area contributed by atoms with Gasteiger partial charge in [0.15, 0.2) is 0 Å². The van der Waals surface area contributed by atoms with Gasteiger partial charge in [0.1, 0.15) is 0 Å². The highest BCUT2D eigenvalue weighted by atomic mass is 16.5. The first-order valence-electron chi connectivity index (χ1n) is 6.86. The number of nitrogens with zero attached hydrogens (tertiary/aromatic N) is 2. The first-order valence-corrected chi connectivity index (χ1v) is 6.86. The van der Waals surface area contributed by atoms with Crippen LogP contribution in [-0.4, -0.2) is 68.3 Å². The van der Waals surface area contributed by atoms with E-state index in [4.69, 9.17) is 10.5 Å². The van der Waals surface area contributed by atoms with E-state index in [1.807, 2.05) is 0 Å². The maximum Gasteiger partial charge on any atom is 0.0594 e. The zero-order chi connectivity index (χ0) is 12.3. The molecular weight excluding hydrogens is 214 g/mol. The molecule has 0 aromatic rings. The zero-order valence-electron chi connectivity index (χ0n) is 11.3. The zero-order valence-corrected chi connectivity index (χ0v) is 11.3. The molecular formula is C13H27N3O. The van der Waals surface area contributed by atoms with E-state index in [9.17, 15) is 0 Å². The highest BCUT2D eigenvalue weighted by molar-refractivity contribution is 4.89. The van der Waals surface area contributed by atoms with Gasteiger partial charge in [-0.1, -0.05) is 13.8 Å². The highest BCUT2D eigenvalue weighted by Gasteiger charge is 2.33. The van der Waals surface area contributed by atoms with E-state index in [0.29, 0.717) is 6.04 Å². The van der Waals surface area contributed by atoms with Crippen LogP contribution >= 0.6 is 0 Å². The molecule has 0 aliphatic carbocycles. The Morgan fingerprint density at radius 1 is 1.12 bits per heavy atom. The Labute approximate surface area is 105 Å². The third-order valence-electron chi connectivity index (χ3n) is 4.23. The molecule has 1 atom stereocenters. The second kappa shape index (κ2) is 5.65. The van der Waals surface area contributed by atoms with E-state index in [1.54, 1.807) is 0 Å². The van der Waals surface area contributed by atoms with Crippen molar-refractivity contribution in [2.24, 2.45) is 11.1 Å². The average molecular weight is 241 g/mol. The largest absolute Gasteiger partial charge is 0.379 e. The van der Waals surface area contributed by atoms with E-state index >= 15 is 0 Å². The maximum absolute atomic E-state index is 6.16. The summed E-state index contributed by atoms with van der Waals surface area (Å²) in [6, 6.07) is 0.363. The molecule has 2 heterocycles. The summed E-state index contributed by atoms with van der Waals surface area (Å²) >= 11 is 0. The summed E-state index contributed by atoms with van der Waals surface area (Å²) in [5.41, 5.74) is 6.43. The number of hydrogen-bond acceptors (Lipinski definition) is 4. The molecule has 4 heteroatoms. The lowest BCUT2D eigenvalue weighted by atomic mass is 9.80. The quantitative estimate of drug-likeness (QED) is 0.775. The van der Waals surface area contributed by atoms with E-state index in [-0.39, 0.29) is 5.41 Å². The minimum absolute atomic E-state index is 0.267. The number of ether oxygens (including phenoxy) is 1. The van der Waals surface area contributed by atoms with Crippen LogP contribution in [0, 0.1) is 5.41 Å². The van der Waals surface area contributed by atoms with E-state index < -0.39 is 0 Å². The molecule has 17 heavy (non-hydrogen) atoms. The standard InChI is InChI=1S/C13H27N3O/c1-13(2)11-16(4-3-12(13)14)6-5-15-7-9-17-10-8-15/h12H,3-11,14H2,1-2H3. The van der Waals surface area contributed by atoms with E-state index in [1.165, 1.54) is 13.1 Å². The Morgan fingerprint density at radius 3 is 2.41 bits per heavy atom. The molecule has 2 fully saturated rings. The predicted octanol–water partition coefficient (Wildman–Crippen LogP) is 0.378. The molecule has 2 aliphatic rings. The number of likely N-dealkylation sites (tertiary alicyclic amines) is 1. The molecule has 0 aromatic heterocycles. The van der Waals surface area contributed by atoms with Crippen LogP contribution in [0.3, 0.4) is 0 Å². The fraction of sp³-hybridized carbons (Fsp3) is 1.00. The van der Waals surface area contributed by atoms with Crippen LogP contribution in [-0.2, 0) is 4.74 Å². The first kappa shape index (κ1) is 13.3. The van der Waals surface area contributed by atoms with Crippen LogP contribution in [0.4, 0.5) is 0 Å². The molecule has 0 aromatic carbocycles. The normalized spacial score (nSPS) is 31.6. The average Bonchev–Trinajstić information content (AvgIpc) is 2.32. The highest BCUT2D eigenvalue weighted by Crippen LogP contribution is 2.27. The Morgan fingerprint density at radius 2 is 1.76 bits per heavy atom. The van der Waals surface area contributed by atoms with Crippen LogP contribution in [0.5, 0.6) is 0 Å². The molecule has 2 rings (SSSR count). The maximum atomic E-state index is 6.16. The molecule has 0 radical (unpaired) electrons. The third kappa shape index (κ3) is 3.65. The third-order valence-corrected chi connectivity index (χ3v) is 4.23. The first-order chi connectivity index (χ1) is 8.08. The molecule has 2 N–H and O–H groups in total. The SMILES string of the molecule is CC1(C)CN(CCN2CCOCC2)CCC1N. The summed E-state index contributed by atoms with van der Waals surface area (Å²) in [7, 11) is 0. The van der Waals surface area contributed by atoms with Crippen molar-refractivity contribution in [3.8, 4) is 0 Å². The van der Waals surface area contributed by atoms with Crippen LogP contribution in [0.2, 0.25) is 0 Å². The molecule has 0 spiro atoms. The molecule has 0 saturated carbocycles. The van der Waals surface area contributed by atoms with Gasteiger partial charge in [-0.05, 0) is 18.4 Å². The van der Waals surface area contributed by atoms with Crippen molar-refractivity contribution in [1.29, 1.82) is 0 Å². The summed E-state index contributed by atoms with van der Waals surface area (Å²) < 4.78 is 5.37. The number of rotatable bonds is 3. The van der Waals surface area contributed by atoms with Crippen LogP contribution in [0.15, 0.2) is 0 Å². The van der Waals surface area contributed by atoms with Gasteiger partial charge in [0, 0.05) is 38.8 Å². The van der Waals surface area contributed by atoms with Gasteiger partial charge in [-0.3, -0.25) is 4.90 Å². The molecule has 1 unspecified atom stereocenters. The van der Waals surface area contributed by atoms with Crippen molar-refractivity contribution in [2.45, 2.75) is 26.3 Å². The van der Waals surface area contributed by atoms with Gasteiger partial charge in [0.25, 0.3) is 0 Å². The summed E-state index contributed by atoms with van der Waals surface area (Å²) in [6.07, 6.45) is 1.14. The lowest BCUT2D eigenvalue weighted by Crippen LogP contribution is -2.53. The molecule has 4 nitrogen and oxygen atoms in total. The summed E-state index contributed by atoms with van der Waals surface area (Å²) in [5.74, 6) is 0. The van der Waals surface area contributed by atoms with Crippen molar-refractivity contribution in [1.82, 2.24) is 9.80 Å². The monoisotopic (exact) mass is 241 g/mol. The van der Waals surface area contributed by atoms with Gasteiger partial charge in [-0.2, -0.15) is 0 Å². The van der Waals surface area contributed by atoms with Crippen LogP contribution in [0.25, 0.3) is 0 Å². The molecule has 2 saturated heterocycles. The molecule has 2 aliphatic heterocycles. The summed E-state index contributed by atoms with van der Waals surface area (Å²) in [4.78, 5) is 5.07. The second-order valence-electron chi connectivity index (χ2n) is 6.11. The van der Waals surface area contributed by atoms with Gasteiger partial charge in [0.05, 0.1) is 13.2 Å². The van der Waals surface area contributed by atoms with Gasteiger partial charge in [-0.15, -0.1) is 0 Å². The lowest BCUT2D eigenvalue weighted by Gasteiger charge is -2.43.